The number of piperazine rings is 1. The van der Waals surface area contributed by atoms with E-state index in [0.29, 0.717) is 64.8 Å². The van der Waals surface area contributed by atoms with Gasteiger partial charge in [0.15, 0.2) is 5.83 Å². The van der Waals surface area contributed by atoms with Crippen molar-refractivity contribution in [2.45, 2.75) is 140 Å². The van der Waals surface area contributed by atoms with Crippen molar-refractivity contribution >= 4 is 83.3 Å². The maximum atomic E-state index is 16.2. The number of benzene rings is 3. The Hall–Kier alpha value is -7.54. The lowest BCUT2D eigenvalue weighted by Gasteiger charge is -2.42. The summed E-state index contributed by atoms with van der Waals surface area (Å²) in [6.45, 7) is 16.2. The number of nitrogens with zero attached hydrogens (tertiary/aromatic N) is 10. The standard InChI is InChI=1S/C31H31F2N5O2.C27H41N5O4.C9H17NO.CH4O/c1-7-21-24(32)14-11-18-9-8-10-22(25(18)21)28-26(33)27(34-5)23(15-36-28)29(35-6)37-16-19-12-13-20(17-37)38(19)30(39)40-31(2,3)4;1-28-26(36)8-7-23(18-33)32(20-35)25-6-4-5-24(27(25)29(2)3)31-15-11-22(12-16-31)17-21-9-13-30(19-34)14-10-21;1-11-7-9-5-4-8-3-2-6-10(8)9;1-2/h1,8-11,14-15,19-20H,6,12-13,16-17H2,2-5H3;4-6,18-23H,7-17H2,1-3H3,(H,28,36);8-9H,2-7H2,1H3;2H,1H3/b29-23+,34-27?;;;. The molecule has 21 heteroatoms. The first kappa shape index (κ1) is 68.9. The molecule has 2 N–H and O–H groups in total. The molecular formula is C68H93F2N11O8. The number of carbonyl (C=O) groups is 5. The number of halogens is 2. The van der Waals surface area contributed by atoms with E-state index in [1.54, 1.807) is 31.3 Å². The first-order valence-electron chi connectivity index (χ1n) is 31.3. The van der Waals surface area contributed by atoms with E-state index in [4.69, 9.17) is 21.0 Å². The fourth-order valence-corrected chi connectivity index (χ4v) is 14.0. The van der Waals surface area contributed by atoms with E-state index >= 15 is 4.39 Å². The van der Waals surface area contributed by atoms with E-state index in [1.165, 1.54) is 62.9 Å². The van der Waals surface area contributed by atoms with Gasteiger partial charge in [0.2, 0.25) is 18.7 Å². The van der Waals surface area contributed by atoms with E-state index in [2.05, 4.69) is 48.8 Å². The van der Waals surface area contributed by atoms with Gasteiger partial charge in [-0.1, -0.05) is 36.3 Å². The highest BCUT2D eigenvalue weighted by Gasteiger charge is 2.46. The topological polar surface area (TPSA) is 196 Å². The molecule has 2 bridgehead atoms. The molecule has 0 saturated carbocycles. The zero-order valence-electron chi connectivity index (χ0n) is 53.6. The summed E-state index contributed by atoms with van der Waals surface area (Å²) in [5.74, 6) is 2.83. The average Bonchev–Trinajstić information content (AvgIpc) is 1.73. The fourth-order valence-electron chi connectivity index (χ4n) is 14.0. The Balaban J connectivity index is 0.000000211. The first-order valence-corrected chi connectivity index (χ1v) is 31.3. The lowest BCUT2D eigenvalue weighted by atomic mass is 9.83. The van der Waals surface area contributed by atoms with Crippen molar-refractivity contribution < 1.29 is 47.3 Å². The largest absolute Gasteiger partial charge is 0.444 e. The summed E-state index contributed by atoms with van der Waals surface area (Å²) in [6, 6.07) is 14.8. The first-order chi connectivity index (χ1) is 42.9. The summed E-state index contributed by atoms with van der Waals surface area (Å²) in [5, 5.41) is 10.6. The van der Waals surface area contributed by atoms with Gasteiger partial charge < -0.3 is 49.2 Å². The Kier molecular flexibility index (Phi) is 25.0. The number of rotatable bonds is 17. The highest BCUT2D eigenvalue weighted by Crippen LogP contribution is 2.42. The summed E-state index contributed by atoms with van der Waals surface area (Å²) in [7, 11) is 9.76. The van der Waals surface area contributed by atoms with Crippen LogP contribution in [0.5, 0.6) is 0 Å². The third kappa shape index (κ3) is 16.5. The quantitative estimate of drug-likeness (QED) is 0.0741. The molecule has 5 unspecified atom stereocenters. The van der Waals surface area contributed by atoms with Crippen molar-refractivity contribution in [3.05, 3.63) is 82.7 Å². The maximum Gasteiger partial charge on any atom is 0.410 e. The summed E-state index contributed by atoms with van der Waals surface area (Å²) >= 11 is 0. The Morgan fingerprint density at radius 1 is 0.910 bits per heavy atom. The van der Waals surface area contributed by atoms with Gasteiger partial charge in [-0.05, 0) is 147 Å². The van der Waals surface area contributed by atoms with E-state index in [-0.39, 0.29) is 53.9 Å². The van der Waals surface area contributed by atoms with Crippen molar-refractivity contribution in [3.8, 4) is 12.3 Å². The number of hydrogen-bond donors (Lipinski definition) is 2. The van der Waals surface area contributed by atoms with Crippen LogP contribution < -0.4 is 20.0 Å². The minimum atomic E-state index is -0.717. The maximum absolute atomic E-state index is 16.2. The van der Waals surface area contributed by atoms with Gasteiger partial charge in [-0.15, -0.1) is 6.42 Å². The van der Waals surface area contributed by atoms with Crippen LogP contribution in [0.25, 0.3) is 16.5 Å². The molecule has 3 aromatic rings. The number of methoxy groups -OCH3 is 1. The second-order valence-electron chi connectivity index (χ2n) is 25.0. The van der Waals surface area contributed by atoms with Gasteiger partial charge in [0, 0.05) is 117 Å². The number of anilines is 3. The van der Waals surface area contributed by atoms with Crippen molar-refractivity contribution in [2.24, 2.45) is 26.8 Å². The highest BCUT2D eigenvalue weighted by molar-refractivity contribution is 6.29. The summed E-state index contributed by atoms with van der Waals surface area (Å²) in [6.07, 6.45) is 22.6. The van der Waals surface area contributed by atoms with Crippen LogP contribution in [-0.4, -0.2) is 205 Å². The molecule has 0 radical (unpaired) electrons. The number of terminal acetylenes is 1. The minimum Gasteiger partial charge on any atom is -0.444 e. The molecule has 6 saturated heterocycles. The van der Waals surface area contributed by atoms with Gasteiger partial charge in [-0.25, -0.2) is 18.6 Å². The van der Waals surface area contributed by atoms with Crippen LogP contribution in [0.3, 0.4) is 0 Å². The number of aldehydes is 1. The number of amides is 4. The van der Waals surface area contributed by atoms with Crippen LogP contribution in [0.4, 0.5) is 30.6 Å². The van der Waals surface area contributed by atoms with Crippen LogP contribution in [0.15, 0.2) is 80.7 Å². The van der Waals surface area contributed by atoms with Gasteiger partial charge in [0.1, 0.15) is 34.9 Å². The molecule has 0 aliphatic carbocycles. The molecule has 482 valence electrons. The van der Waals surface area contributed by atoms with Crippen molar-refractivity contribution in [2.75, 3.05) is 110 Å². The van der Waals surface area contributed by atoms with Crippen LogP contribution in [0, 0.1) is 30.0 Å². The molecule has 0 spiro atoms. The number of aliphatic imine (C=N–C) groups is 3. The Morgan fingerprint density at radius 3 is 2.16 bits per heavy atom. The van der Waals surface area contributed by atoms with Gasteiger partial charge in [0.25, 0.3) is 0 Å². The van der Waals surface area contributed by atoms with Crippen LogP contribution in [0.1, 0.15) is 115 Å². The molecule has 19 nitrogen and oxygen atoms in total. The predicted molar refractivity (Wildman–Crippen MR) is 350 cm³/mol. The SMILES string of the molecule is C#Cc1c(F)ccc2cccc(C3=C(F)C(=NC)/C(=C(\N=C)N4CC5CCC(C4)N5C(=O)OC(C)(C)C)C=N3)c12.CNC(=O)CCC(C=O)N(C=O)c1cccc(N2CCC(CC3CCN(C=O)CC3)CC2)c1N(C)C.CO.COCC1CCC2CCCN21. The molecule has 89 heavy (non-hydrogen) atoms. The second-order valence-corrected chi connectivity index (χ2v) is 25.0. The third-order valence-electron chi connectivity index (χ3n) is 18.2. The van der Waals surface area contributed by atoms with E-state index in [0.717, 1.165) is 115 Å². The highest BCUT2D eigenvalue weighted by atomic mass is 19.1. The normalized spacial score (nSPS) is 22.3. The number of fused-ring (bicyclic) bond motifs is 4. The zero-order chi connectivity index (χ0) is 64.5. The molecule has 7 heterocycles. The molecule has 0 aromatic heterocycles. The van der Waals surface area contributed by atoms with Crippen molar-refractivity contribution in [1.82, 2.24) is 24.9 Å². The number of allylic oxidation sites excluding steroid dienone is 2. The molecule has 6 fully saturated rings. The smallest absolute Gasteiger partial charge is 0.410 e. The number of likely N-dealkylation sites (tertiary alicyclic amines) is 2. The monoisotopic (exact) mass is 1230 g/mol. The third-order valence-corrected chi connectivity index (χ3v) is 18.2. The van der Waals surface area contributed by atoms with Gasteiger partial charge in [-0.2, -0.15) is 0 Å². The number of ether oxygens (including phenoxy) is 2. The van der Waals surface area contributed by atoms with Gasteiger partial charge >= 0.3 is 6.09 Å². The summed E-state index contributed by atoms with van der Waals surface area (Å²) < 4.78 is 41.6. The summed E-state index contributed by atoms with van der Waals surface area (Å²) in [4.78, 5) is 86.8. The summed E-state index contributed by atoms with van der Waals surface area (Å²) in [5.41, 5.74) is 2.91. The molecular weight excluding hydrogens is 1140 g/mol. The lowest BCUT2D eigenvalue weighted by molar-refractivity contribution is -0.121. The molecule has 4 amide bonds. The predicted octanol–water partition coefficient (Wildman–Crippen LogP) is 8.90. The number of aliphatic hydroxyl groups is 1. The van der Waals surface area contributed by atoms with E-state index < -0.39 is 23.3 Å². The van der Waals surface area contributed by atoms with Crippen molar-refractivity contribution in [3.63, 3.8) is 0 Å². The molecule has 5 atom stereocenters. The van der Waals surface area contributed by atoms with Gasteiger partial charge in [-0.3, -0.25) is 34.2 Å². The number of hydrogen-bond acceptors (Lipinski definition) is 15. The molecule has 10 rings (SSSR count). The number of piperidine rings is 2. The number of para-hydroxylation sites is 1. The van der Waals surface area contributed by atoms with Gasteiger partial charge in [0.05, 0.1) is 52.9 Å². The number of nitrogens with one attached hydrogen (secondary N) is 1. The van der Waals surface area contributed by atoms with Crippen LogP contribution >= 0.6 is 0 Å². The molecule has 7 aliphatic rings. The Bertz CT molecular complexity index is 3120. The Labute approximate surface area is 524 Å². The fraction of sp³-hybridized carbons (Fsp3) is 0.559. The lowest BCUT2D eigenvalue weighted by Crippen LogP contribution is -2.56. The number of carbonyl (C=O) groups excluding carboxylic acids is 5. The Morgan fingerprint density at radius 2 is 1.57 bits per heavy atom. The average molecular weight is 1230 g/mol. The molecule has 7 aliphatic heterocycles. The van der Waals surface area contributed by atoms with Crippen molar-refractivity contribution in [1.29, 1.82) is 0 Å². The second kappa shape index (κ2) is 32.3. The molecule has 3 aromatic carbocycles. The van der Waals surface area contributed by atoms with E-state index in [1.807, 2.05) is 73.7 Å². The minimum absolute atomic E-state index is 0.00952. The number of aliphatic hydroxyl groups excluding tert-OH is 1. The zero-order valence-corrected chi connectivity index (χ0v) is 53.6. The van der Waals surface area contributed by atoms with Crippen LogP contribution in [0.2, 0.25) is 0 Å². The van der Waals surface area contributed by atoms with E-state index in [9.17, 15) is 28.4 Å². The van der Waals surface area contributed by atoms with Crippen LogP contribution in [-0.2, 0) is 28.7 Å².